The Balaban J connectivity index is 2.41. The Morgan fingerprint density at radius 1 is 1.53 bits per heavy atom. The van der Waals surface area contributed by atoms with E-state index in [1.54, 1.807) is 4.57 Å². The van der Waals surface area contributed by atoms with Gasteiger partial charge < -0.3 is 4.57 Å². The predicted octanol–water partition coefficient (Wildman–Crippen LogP) is -0.157. The highest BCUT2D eigenvalue weighted by atomic mass is 32.2. The fourth-order valence-corrected chi connectivity index (χ4v) is 4.47. The van der Waals surface area contributed by atoms with Crippen molar-refractivity contribution >= 4 is 19.9 Å². The van der Waals surface area contributed by atoms with Crippen LogP contribution >= 0.6 is 0 Å². The molecule has 108 valence electrons. The minimum Gasteiger partial charge on any atom is -0.329 e. The zero-order chi connectivity index (χ0) is 14.3. The average Bonchev–Trinajstić information content (AvgIpc) is 2.81. The standard InChI is InChI=1S/C10H17N3O4S2/c1-2-3-9-12-10(19(11,16)17)6-13(9)8-4-5-18(14,15)7-8/h6,8H,2-5,7H2,1H3,(H2,11,16,17). The van der Waals surface area contributed by atoms with Crippen molar-refractivity contribution in [1.29, 1.82) is 0 Å². The van der Waals surface area contributed by atoms with Gasteiger partial charge in [0.2, 0.25) is 0 Å². The van der Waals surface area contributed by atoms with Crippen LogP contribution in [0, 0.1) is 0 Å². The molecule has 2 heterocycles. The van der Waals surface area contributed by atoms with Gasteiger partial charge in [0.05, 0.1) is 11.5 Å². The van der Waals surface area contributed by atoms with Crippen LogP contribution < -0.4 is 5.14 Å². The highest BCUT2D eigenvalue weighted by Gasteiger charge is 2.31. The third kappa shape index (κ3) is 3.15. The smallest absolute Gasteiger partial charge is 0.257 e. The quantitative estimate of drug-likeness (QED) is 0.830. The predicted molar refractivity (Wildman–Crippen MR) is 69.9 cm³/mol. The summed E-state index contributed by atoms with van der Waals surface area (Å²) in [6, 6.07) is -0.241. The van der Waals surface area contributed by atoms with Crippen LogP contribution in [0.3, 0.4) is 0 Å². The summed E-state index contributed by atoms with van der Waals surface area (Å²) in [5.74, 6) is 0.740. The Morgan fingerprint density at radius 3 is 2.68 bits per heavy atom. The summed E-state index contributed by atoms with van der Waals surface area (Å²) < 4.78 is 47.3. The Morgan fingerprint density at radius 2 is 2.21 bits per heavy atom. The maximum atomic E-state index is 11.5. The number of rotatable bonds is 4. The Hall–Kier alpha value is -0.930. The summed E-state index contributed by atoms with van der Waals surface area (Å²) in [6.45, 7) is 1.95. The number of sulfonamides is 1. The SMILES string of the molecule is CCCc1nc(S(N)(=O)=O)cn1C1CCS(=O)(=O)C1. The lowest BCUT2D eigenvalue weighted by Crippen LogP contribution is -2.13. The number of nitrogens with two attached hydrogens (primary N) is 1. The zero-order valence-corrected chi connectivity index (χ0v) is 12.2. The van der Waals surface area contributed by atoms with Gasteiger partial charge in [0.15, 0.2) is 14.9 Å². The molecule has 2 N–H and O–H groups in total. The van der Waals surface area contributed by atoms with E-state index in [4.69, 9.17) is 5.14 Å². The molecule has 0 bridgehead atoms. The van der Waals surface area contributed by atoms with Gasteiger partial charge in [-0.15, -0.1) is 0 Å². The molecule has 1 saturated heterocycles. The van der Waals surface area contributed by atoms with E-state index in [2.05, 4.69) is 4.98 Å². The Labute approximate surface area is 112 Å². The van der Waals surface area contributed by atoms with Crippen LogP contribution in [0.1, 0.15) is 31.6 Å². The van der Waals surface area contributed by atoms with Crippen LogP contribution in [-0.4, -0.2) is 37.9 Å². The highest BCUT2D eigenvalue weighted by Crippen LogP contribution is 2.26. The average molecular weight is 307 g/mol. The Kier molecular flexibility index (Phi) is 3.72. The molecule has 1 atom stereocenters. The normalized spacial score (nSPS) is 22.7. The minimum absolute atomic E-state index is 0.0319. The van der Waals surface area contributed by atoms with Crippen molar-refractivity contribution in [2.24, 2.45) is 5.14 Å². The van der Waals surface area contributed by atoms with Crippen LogP contribution in [0.5, 0.6) is 0 Å². The molecule has 1 aromatic rings. The third-order valence-electron chi connectivity index (χ3n) is 3.15. The van der Waals surface area contributed by atoms with Crippen molar-refractivity contribution in [2.75, 3.05) is 11.5 Å². The second-order valence-electron chi connectivity index (χ2n) is 4.75. The number of imidazole rings is 1. The molecule has 0 aliphatic carbocycles. The van der Waals surface area contributed by atoms with E-state index in [-0.39, 0.29) is 22.6 Å². The summed E-state index contributed by atoms with van der Waals surface area (Å²) in [7, 11) is -6.89. The van der Waals surface area contributed by atoms with Gasteiger partial charge in [0, 0.05) is 18.7 Å². The van der Waals surface area contributed by atoms with Gasteiger partial charge in [-0.2, -0.15) is 0 Å². The molecule has 0 spiro atoms. The minimum atomic E-state index is -3.86. The van der Waals surface area contributed by atoms with Crippen molar-refractivity contribution in [3.05, 3.63) is 12.0 Å². The summed E-state index contributed by atoms with van der Waals surface area (Å²) in [5, 5.41) is 4.87. The zero-order valence-electron chi connectivity index (χ0n) is 10.6. The lowest BCUT2D eigenvalue weighted by Gasteiger charge is -2.12. The van der Waals surface area contributed by atoms with E-state index in [0.29, 0.717) is 18.7 Å². The second-order valence-corrected chi connectivity index (χ2v) is 8.49. The van der Waals surface area contributed by atoms with Crippen molar-refractivity contribution < 1.29 is 16.8 Å². The first-order chi connectivity index (χ1) is 8.73. The highest BCUT2D eigenvalue weighted by molar-refractivity contribution is 7.91. The van der Waals surface area contributed by atoms with Crippen molar-refractivity contribution in [3.63, 3.8) is 0 Å². The molecule has 0 saturated carbocycles. The van der Waals surface area contributed by atoms with Crippen molar-refractivity contribution in [1.82, 2.24) is 9.55 Å². The lowest BCUT2D eigenvalue weighted by molar-refractivity contribution is 0.528. The molecule has 1 unspecified atom stereocenters. The van der Waals surface area contributed by atoms with Crippen LogP contribution in [0.25, 0.3) is 0 Å². The summed E-state index contributed by atoms with van der Waals surface area (Å²) in [6.07, 6.45) is 3.22. The third-order valence-corrected chi connectivity index (χ3v) is 5.68. The molecule has 0 amide bonds. The monoisotopic (exact) mass is 307 g/mol. The molecule has 1 aliphatic rings. The van der Waals surface area contributed by atoms with Crippen molar-refractivity contribution in [2.45, 2.75) is 37.3 Å². The van der Waals surface area contributed by atoms with Gasteiger partial charge in [-0.3, -0.25) is 0 Å². The van der Waals surface area contributed by atoms with Gasteiger partial charge in [-0.1, -0.05) is 6.92 Å². The van der Waals surface area contributed by atoms with Crippen molar-refractivity contribution in [3.8, 4) is 0 Å². The molecule has 9 heteroatoms. The lowest BCUT2D eigenvalue weighted by atomic mass is 10.2. The number of sulfone groups is 1. The number of aryl methyl sites for hydroxylation is 1. The van der Waals surface area contributed by atoms with E-state index in [1.165, 1.54) is 6.20 Å². The summed E-state index contributed by atoms with van der Waals surface area (Å²) in [5.41, 5.74) is 0. The van der Waals surface area contributed by atoms with Crippen LogP contribution in [-0.2, 0) is 26.3 Å². The maximum absolute atomic E-state index is 11.5. The van der Waals surface area contributed by atoms with E-state index in [1.807, 2.05) is 6.92 Å². The largest absolute Gasteiger partial charge is 0.329 e. The molecule has 1 fully saturated rings. The maximum Gasteiger partial charge on any atom is 0.257 e. The molecule has 1 aliphatic heterocycles. The number of primary sulfonamides is 1. The first-order valence-electron chi connectivity index (χ1n) is 6.04. The topological polar surface area (TPSA) is 112 Å². The molecule has 1 aromatic heterocycles. The first kappa shape index (κ1) is 14.5. The number of nitrogens with zero attached hydrogens (tertiary/aromatic N) is 2. The molecular formula is C10H17N3O4S2. The van der Waals surface area contributed by atoms with E-state index in [9.17, 15) is 16.8 Å². The number of hydrogen-bond donors (Lipinski definition) is 1. The number of hydrogen-bond acceptors (Lipinski definition) is 5. The molecule has 0 radical (unpaired) electrons. The fraction of sp³-hybridized carbons (Fsp3) is 0.700. The molecule has 2 rings (SSSR count). The van der Waals surface area contributed by atoms with Crippen LogP contribution in [0.4, 0.5) is 0 Å². The molecule has 19 heavy (non-hydrogen) atoms. The molecular weight excluding hydrogens is 290 g/mol. The van der Waals surface area contributed by atoms with Gasteiger partial charge in [0.25, 0.3) is 10.0 Å². The second kappa shape index (κ2) is 4.88. The van der Waals surface area contributed by atoms with E-state index < -0.39 is 19.9 Å². The number of aromatic nitrogens is 2. The van der Waals surface area contributed by atoms with E-state index in [0.717, 1.165) is 6.42 Å². The summed E-state index contributed by atoms with van der Waals surface area (Å²) in [4.78, 5) is 4.02. The summed E-state index contributed by atoms with van der Waals surface area (Å²) >= 11 is 0. The van der Waals surface area contributed by atoms with Gasteiger partial charge in [-0.05, 0) is 12.8 Å². The van der Waals surface area contributed by atoms with Crippen LogP contribution in [0.2, 0.25) is 0 Å². The van der Waals surface area contributed by atoms with Gasteiger partial charge in [-0.25, -0.2) is 27.0 Å². The molecule has 0 aromatic carbocycles. The van der Waals surface area contributed by atoms with Gasteiger partial charge >= 0.3 is 0 Å². The fourth-order valence-electron chi connectivity index (χ4n) is 2.26. The first-order valence-corrected chi connectivity index (χ1v) is 9.40. The van der Waals surface area contributed by atoms with Gasteiger partial charge in [0.1, 0.15) is 5.82 Å². The molecule has 7 nitrogen and oxygen atoms in total. The van der Waals surface area contributed by atoms with E-state index >= 15 is 0 Å². The van der Waals surface area contributed by atoms with Crippen LogP contribution in [0.15, 0.2) is 11.2 Å². The Bertz CT molecular complexity index is 676.